The van der Waals surface area contributed by atoms with Gasteiger partial charge in [-0.25, -0.2) is 4.98 Å². The van der Waals surface area contributed by atoms with E-state index in [0.29, 0.717) is 5.88 Å². The van der Waals surface area contributed by atoms with E-state index in [1.807, 2.05) is 0 Å². The largest absolute Gasteiger partial charge is 0.245 e. The minimum Gasteiger partial charge on any atom is -0.245 e. The lowest BCUT2D eigenvalue weighted by atomic mass is 10.2. The molecule has 0 N–H and O–H groups in total. The molecular weight excluding hydrogens is 178 g/mol. The van der Waals surface area contributed by atoms with Crippen LogP contribution in [0.3, 0.4) is 0 Å². The fraction of sp³-hybridized carbons (Fsp3) is 0.625. The van der Waals surface area contributed by atoms with Crippen molar-refractivity contribution in [1.29, 1.82) is 0 Å². The number of hydrogen-bond acceptors (Lipinski definition) is 2. The van der Waals surface area contributed by atoms with Crippen LogP contribution in [0.2, 0.25) is 0 Å². The summed E-state index contributed by atoms with van der Waals surface area (Å²) in [7, 11) is 0. The van der Waals surface area contributed by atoms with E-state index in [1.165, 1.54) is 11.3 Å². The maximum atomic E-state index is 5.66. The normalized spacial score (nSPS) is 10.5. The lowest BCUT2D eigenvalue weighted by Crippen LogP contribution is -1.81. The van der Waals surface area contributed by atoms with Crippen LogP contribution in [-0.2, 0) is 12.3 Å². The van der Waals surface area contributed by atoms with Gasteiger partial charge < -0.3 is 0 Å². The molecule has 0 saturated heterocycles. The van der Waals surface area contributed by atoms with Gasteiger partial charge in [-0.1, -0.05) is 13.3 Å². The van der Waals surface area contributed by atoms with Crippen LogP contribution in [0.1, 0.15) is 28.9 Å². The number of nitrogens with zero attached hydrogens (tertiary/aromatic N) is 1. The number of aryl methyl sites for hydroxylation is 2. The Labute approximate surface area is 76.4 Å². The molecular formula is C8H12ClNS. The van der Waals surface area contributed by atoms with E-state index < -0.39 is 0 Å². The van der Waals surface area contributed by atoms with Gasteiger partial charge in [-0.05, 0) is 13.3 Å². The predicted octanol–water partition coefficient (Wildman–Crippen LogP) is 3.14. The quantitative estimate of drug-likeness (QED) is 0.666. The van der Waals surface area contributed by atoms with Gasteiger partial charge in [0.15, 0.2) is 0 Å². The second kappa shape index (κ2) is 4.07. The van der Waals surface area contributed by atoms with Crippen molar-refractivity contribution in [2.24, 2.45) is 0 Å². The van der Waals surface area contributed by atoms with E-state index >= 15 is 0 Å². The molecule has 0 radical (unpaired) electrons. The number of alkyl halides is 1. The van der Waals surface area contributed by atoms with Gasteiger partial charge in [0.25, 0.3) is 0 Å². The Hall–Kier alpha value is -0.0800. The summed E-state index contributed by atoms with van der Waals surface area (Å²) in [6, 6.07) is 0. The molecule has 3 heteroatoms. The number of thiazole rings is 1. The monoisotopic (exact) mass is 189 g/mol. The van der Waals surface area contributed by atoms with Crippen LogP contribution in [0, 0.1) is 6.92 Å². The zero-order valence-corrected chi connectivity index (χ0v) is 8.43. The van der Waals surface area contributed by atoms with Crippen LogP contribution in [0.15, 0.2) is 0 Å². The smallest absolute Gasteiger partial charge is 0.108 e. The molecule has 0 amide bonds. The molecule has 0 aliphatic carbocycles. The van der Waals surface area contributed by atoms with Crippen molar-refractivity contribution < 1.29 is 0 Å². The van der Waals surface area contributed by atoms with Crippen molar-refractivity contribution in [1.82, 2.24) is 4.98 Å². The third-order valence-electron chi connectivity index (χ3n) is 1.53. The van der Waals surface area contributed by atoms with E-state index in [4.69, 9.17) is 11.6 Å². The first-order chi connectivity index (χ1) is 5.27. The van der Waals surface area contributed by atoms with Gasteiger partial charge in [0, 0.05) is 4.88 Å². The van der Waals surface area contributed by atoms with Crippen LogP contribution < -0.4 is 0 Å². The minimum atomic E-state index is 0.551. The minimum absolute atomic E-state index is 0.551. The van der Waals surface area contributed by atoms with E-state index in [1.54, 1.807) is 11.3 Å². The van der Waals surface area contributed by atoms with Crippen molar-refractivity contribution in [2.45, 2.75) is 32.6 Å². The SMILES string of the molecule is CCCc1sc(CCl)nc1C. The Balaban J connectivity index is 2.79. The summed E-state index contributed by atoms with van der Waals surface area (Å²) >= 11 is 7.40. The number of hydrogen-bond donors (Lipinski definition) is 0. The summed E-state index contributed by atoms with van der Waals surface area (Å²) in [6.45, 7) is 4.23. The van der Waals surface area contributed by atoms with E-state index in [0.717, 1.165) is 17.1 Å². The topological polar surface area (TPSA) is 12.9 Å². The lowest BCUT2D eigenvalue weighted by Gasteiger charge is -1.90. The lowest BCUT2D eigenvalue weighted by molar-refractivity contribution is 0.924. The molecule has 0 atom stereocenters. The Morgan fingerprint density at radius 1 is 1.55 bits per heavy atom. The third kappa shape index (κ3) is 2.17. The molecule has 0 saturated carbocycles. The molecule has 0 aliphatic heterocycles. The highest BCUT2D eigenvalue weighted by Crippen LogP contribution is 2.20. The van der Waals surface area contributed by atoms with Gasteiger partial charge in [-0.2, -0.15) is 0 Å². The molecule has 1 aromatic rings. The van der Waals surface area contributed by atoms with Crippen molar-refractivity contribution in [3.8, 4) is 0 Å². The summed E-state index contributed by atoms with van der Waals surface area (Å²) in [5.74, 6) is 0.551. The molecule has 0 spiro atoms. The van der Waals surface area contributed by atoms with Gasteiger partial charge in [-0.15, -0.1) is 22.9 Å². The molecule has 62 valence electrons. The van der Waals surface area contributed by atoms with E-state index in [2.05, 4.69) is 18.8 Å². The van der Waals surface area contributed by atoms with Crippen molar-refractivity contribution >= 4 is 22.9 Å². The average Bonchev–Trinajstić information content (AvgIpc) is 2.33. The molecule has 1 aromatic heterocycles. The molecule has 0 aromatic carbocycles. The van der Waals surface area contributed by atoms with Gasteiger partial charge in [0.1, 0.15) is 5.01 Å². The number of rotatable bonds is 3. The Bertz CT molecular complexity index is 232. The van der Waals surface area contributed by atoms with Gasteiger partial charge in [-0.3, -0.25) is 0 Å². The molecule has 0 bridgehead atoms. The highest BCUT2D eigenvalue weighted by atomic mass is 35.5. The van der Waals surface area contributed by atoms with Crippen LogP contribution in [0.5, 0.6) is 0 Å². The summed E-state index contributed by atoms with van der Waals surface area (Å²) in [5, 5.41) is 1.05. The summed E-state index contributed by atoms with van der Waals surface area (Å²) in [6.07, 6.45) is 2.32. The van der Waals surface area contributed by atoms with Crippen molar-refractivity contribution in [2.75, 3.05) is 0 Å². The van der Waals surface area contributed by atoms with Crippen LogP contribution >= 0.6 is 22.9 Å². The van der Waals surface area contributed by atoms with Gasteiger partial charge in [0.2, 0.25) is 0 Å². The van der Waals surface area contributed by atoms with E-state index in [9.17, 15) is 0 Å². The number of aromatic nitrogens is 1. The van der Waals surface area contributed by atoms with Crippen LogP contribution in [-0.4, -0.2) is 4.98 Å². The van der Waals surface area contributed by atoms with Gasteiger partial charge >= 0.3 is 0 Å². The molecule has 11 heavy (non-hydrogen) atoms. The van der Waals surface area contributed by atoms with Crippen LogP contribution in [0.25, 0.3) is 0 Å². The van der Waals surface area contributed by atoms with Crippen molar-refractivity contribution in [3.05, 3.63) is 15.6 Å². The second-order valence-corrected chi connectivity index (χ2v) is 3.94. The van der Waals surface area contributed by atoms with E-state index in [-0.39, 0.29) is 0 Å². The first kappa shape index (κ1) is 9.01. The summed E-state index contributed by atoms with van der Waals surface area (Å²) in [4.78, 5) is 5.73. The van der Waals surface area contributed by atoms with Crippen LogP contribution in [0.4, 0.5) is 0 Å². The maximum Gasteiger partial charge on any atom is 0.108 e. The summed E-state index contributed by atoms with van der Waals surface area (Å²) in [5.41, 5.74) is 1.16. The second-order valence-electron chi connectivity index (χ2n) is 2.50. The predicted molar refractivity (Wildman–Crippen MR) is 50.4 cm³/mol. The molecule has 0 fully saturated rings. The zero-order chi connectivity index (χ0) is 8.27. The Morgan fingerprint density at radius 2 is 2.27 bits per heavy atom. The third-order valence-corrected chi connectivity index (χ3v) is 3.16. The Morgan fingerprint density at radius 3 is 2.73 bits per heavy atom. The zero-order valence-electron chi connectivity index (χ0n) is 6.85. The highest BCUT2D eigenvalue weighted by Gasteiger charge is 2.04. The molecule has 0 unspecified atom stereocenters. The average molecular weight is 190 g/mol. The maximum absolute atomic E-state index is 5.66. The standard InChI is InChI=1S/C8H12ClNS/c1-3-4-7-6(2)10-8(5-9)11-7/h3-5H2,1-2H3. The fourth-order valence-electron chi connectivity index (χ4n) is 1.00. The molecule has 0 aliphatic rings. The fourth-order valence-corrected chi connectivity index (χ4v) is 2.25. The first-order valence-corrected chi connectivity index (χ1v) is 5.14. The molecule has 1 nitrogen and oxygen atoms in total. The number of halogens is 1. The highest BCUT2D eigenvalue weighted by molar-refractivity contribution is 7.11. The molecule has 1 heterocycles. The van der Waals surface area contributed by atoms with Gasteiger partial charge in [0.05, 0.1) is 11.6 Å². The Kier molecular flexibility index (Phi) is 3.34. The van der Waals surface area contributed by atoms with Crippen molar-refractivity contribution in [3.63, 3.8) is 0 Å². The molecule has 1 rings (SSSR count). The summed E-state index contributed by atoms with van der Waals surface area (Å²) < 4.78 is 0. The first-order valence-electron chi connectivity index (χ1n) is 3.79.